The van der Waals surface area contributed by atoms with E-state index in [1.54, 1.807) is 29.2 Å². The van der Waals surface area contributed by atoms with Crippen LogP contribution in [0.2, 0.25) is 0 Å². The second-order valence-electron chi connectivity index (χ2n) is 8.55. The van der Waals surface area contributed by atoms with Crippen molar-refractivity contribution in [1.82, 2.24) is 14.7 Å². The highest BCUT2D eigenvalue weighted by atomic mass is 16.5. The second kappa shape index (κ2) is 10.1. The molecular formula is C25H30N4O2. The lowest BCUT2D eigenvalue weighted by Crippen LogP contribution is -2.60. The Balaban J connectivity index is 1.22. The number of amides is 1. The van der Waals surface area contributed by atoms with Gasteiger partial charge in [-0.25, -0.2) is 0 Å². The largest absolute Gasteiger partial charge is 0.370 e. The summed E-state index contributed by atoms with van der Waals surface area (Å²) in [7, 11) is 1.84. The zero-order valence-electron chi connectivity index (χ0n) is 18.1. The number of morpholine rings is 2. The van der Waals surface area contributed by atoms with Crippen LogP contribution in [0.25, 0.3) is 0 Å². The quantitative estimate of drug-likeness (QED) is 0.690. The number of benzene rings is 2. The molecule has 162 valence electrons. The van der Waals surface area contributed by atoms with Crippen molar-refractivity contribution in [1.29, 1.82) is 5.26 Å². The number of fused-ring (bicyclic) bond motifs is 2. The van der Waals surface area contributed by atoms with Crippen LogP contribution in [0.3, 0.4) is 0 Å². The Kier molecular flexibility index (Phi) is 6.98. The number of nitriles is 1. The van der Waals surface area contributed by atoms with Crippen molar-refractivity contribution in [3.05, 3.63) is 71.3 Å². The van der Waals surface area contributed by atoms with Crippen LogP contribution in [0.1, 0.15) is 21.5 Å². The lowest BCUT2D eigenvalue weighted by atomic mass is 10.1. The molecule has 2 aliphatic rings. The van der Waals surface area contributed by atoms with E-state index in [4.69, 9.17) is 10.00 Å². The first-order valence-electron chi connectivity index (χ1n) is 11.0. The van der Waals surface area contributed by atoms with E-state index in [0.717, 1.165) is 45.7 Å². The number of hydrogen-bond donors (Lipinski definition) is 0. The van der Waals surface area contributed by atoms with Gasteiger partial charge in [0.25, 0.3) is 5.91 Å². The Morgan fingerprint density at radius 2 is 1.61 bits per heavy atom. The van der Waals surface area contributed by atoms with Crippen molar-refractivity contribution in [2.24, 2.45) is 0 Å². The molecule has 2 aliphatic heterocycles. The molecule has 0 radical (unpaired) electrons. The highest BCUT2D eigenvalue weighted by Crippen LogP contribution is 2.19. The summed E-state index contributed by atoms with van der Waals surface area (Å²) in [6.07, 6.45) is 1.55. The first-order valence-corrected chi connectivity index (χ1v) is 11.0. The SMILES string of the molecule is CN(CCN1CC2CN(CCc3ccccc3)CC(C1)O2)C(=O)c1ccc(C#N)cc1. The summed E-state index contributed by atoms with van der Waals surface area (Å²) in [6, 6.07) is 19.6. The summed E-state index contributed by atoms with van der Waals surface area (Å²) < 4.78 is 6.19. The highest BCUT2D eigenvalue weighted by molar-refractivity contribution is 5.94. The Labute approximate surface area is 184 Å². The predicted octanol–water partition coefficient (Wildman–Crippen LogP) is 2.26. The summed E-state index contributed by atoms with van der Waals surface area (Å²) in [5, 5.41) is 8.91. The standard InChI is InChI=1S/C25H30N4O2/c1-27(25(30)22-9-7-21(15-26)8-10-22)13-14-29-18-23-16-28(17-24(19-29)31-23)12-11-20-5-3-2-4-6-20/h2-10,23-24H,11-14,16-19H2,1H3. The van der Waals surface area contributed by atoms with Crippen molar-refractivity contribution < 1.29 is 9.53 Å². The lowest BCUT2D eigenvalue weighted by molar-refractivity contribution is -0.138. The molecule has 0 saturated carbocycles. The molecule has 2 fully saturated rings. The maximum atomic E-state index is 12.6. The lowest BCUT2D eigenvalue weighted by Gasteiger charge is -2.46. The minimum atomic E-state index is -0.00923. The van der Waals surface area contributed by atoms with E-state index < -0.39 is 0 Å². The van der Waals surface area contributed by atoms with E-state index in [1.807, 2.05) is 7.05 Å². The van der Waals surface area contributed by atoms with Crippen LogP contribution in [0, 0.1) is 11.3 Å². The molecule has 2 heterocycles. The van der Waals surface area contributed by atoms with Gasteiger partial charge in [-0.05, 0) is 36.2 Å². The van der Waals surface area contributed by atoms with E-state index in [0.29, 0.717) is 17.7 Å². The molecule has 31 heavy (non-hydrogen) atoms. The molecule has 0 spiro atoms. The smallest absolute Gasteiger partial charge is 0.253 e. The molecule has 2 atom stereocenters. The summed E-state index contributed by atoms with van der Waals surface area (Å²) in [5.41, 5.74) is 2.57. The molecule has 6 heteroatoms. The zero-order valence-corrected chi connectivity index (χ0v) is 18.1. The fourth-order valence-corrected chi connectivity index (χ4v) is 4.46. The highest BCUT2D eigenvalue weighted by Gasteiger charge is 2.34. The summed E-state index contributed by atoms with van der Waals surface area (Å²) in [6.45, 7) is 6.37. The molecule has 2 aromatic rings. The van der Waals surface area contributed by atoms with Crippen molar-refractivity contribution in [2.45, 2.75) is 18.6 Å². The van der Waals surface area contributed by atoms with Crippen LogP contribution in [0.5, 0.6) is 0 Å². The van der Waals surface area contributed by atoms with Crippen molar-refractivity contribution in [2.75, 3.05) is 52.9 Å². The minimum Gasteiger partial charge on any atom is -0.370 e. The molecule has 0 aliphatic carbocycles. The fourth-order valence-electron chi connectivity index (χ4n) is 4.46. The van der Waals surface area contributed by atoms with Crippen LogP contribution >= 0.6 is 0 Å². The Morgan fingerprint density at radius 3 is 2.23 bits per heavy atom. The molecule has 2 unspecified atom stereocenters. The van der Waals surface area contributed by atoms with E-state index in [1.165, 1.54) is 5.56 Å². The van der Waals surface area contributed by atoms with Gasteiger partial charge in [0.1, 0.15) is 0 Å². The molecular weight excluding hydrogens is 388 g/mol. The second-order valence-corrected chi connectivity index (χ2v) is 8.55. The monoisotopic (exact) mass is 418 g/mol. The average Bonchev–Trinajstić information content (AvgIpc) is 2.81. The van der Waals surface area contributed by atoms with E-state index in [2.05, 4.69) is 46.2 Å². The summed E-state index contributed by atoms with van der Waals surface area (Å²) in [4.78, 5) is 19.4. The number of ether oxygens (including phenoxy) is 1. The maximum absolute atomic E-state index is 12.6. The van der Waals surface area contributed by atoms with Crippen molar-refractivity contribution >= 4 is 5.91 Å². The average molecular weight is 419 g/mol. The summed E-state index contributed by atoms with van der Waals surface area (Å²) in [5.74, 6) is -0.00923. The third-order valence-electron chi connectivity index (χ3n) is 6.15. The van der Waals surface area contributed by atoms with Crippen LogP contribution in [0.4, 0.5) is 0 Å². The maximum Gasteiger partial charge on any atom is 0.253 e. The van der Waals surface area contributed by atoms with E-state index in [-0.39, 0.29) is 18.1 Å². The zero-order chi connectivity index (χ0) is 21.6. The molecule has 0 aromatic heterocycles. The van der Waals surface area contributed by atoms with E-state index >= 15 is 0 Å². The van der Waals surface area contributed by atoms with Gasteiger partial charge in [0.2, 0.25) is 0 Å². The van der Waals surface area contributed by atoms with E-state index in [9.17, 15) is 4.79 Å². The van der Waals surface area contributed by atoms with Gasteiger partial charge in [0.15, 0.2) is 0 Å². The fraction of sp³-hybridized carbons (Fsp3) is 0.440. The first kappa shape index (κ1) is 21.5. The normalized spacial score (nSPS) is 21.4. The third-order valence-corrected chi connectivity index (χ3v) is 6.15. The van der Waals surface area contributed by atoms with Crippen LogP contribution in [0.15, 0.2) is 54.6 Å². The Bertz CT molecular complexity index is 895. The molecule has 0 N–H and O–H groups in total. The van der Waals surface area contributed by atoms with Gasteiger partial charge in [-0.3, -0.25) is 14.6 Å². The topological polar surface area (TPSA) is 59.8 Å². The van der Waals surface area contributed by atoms with Gasteiger partial charge < -0.3 is 9.64 Å². The minimum absolute atomic E-state index is 0.00923. The number of hydrogen-bond acceptors (Lipinski definition) is 5. The third kappa shape index (κ3) is 5.71. The predicted molar refractivity (Wildman–Crippen MR) is 120 cm³/mol. The molecule has 2 saturated heterocycles. The van der Waals surface area contributed by atoms with Crippen molar-refractivity contribution in [3.8, 4) is 6.07 Å². The Morgan fingerprint density at radius 1 is 1.00 bits per heavy atom. The first-order chi connectivity index (χ1) is 15.1. The Hall–Kier alpha value is -2.72. The van der Waals surface area contributed by atoms with Gasteiger partial charge in [0.05, 0.1) is 23.8 Å². The molecule has 6 nitrogen and oxygen atoms in total. The molecule has 1 amide bonds. The van der Waals surface area contributed by atoms with Gasteiger partial charge in [-0.1, -0.05) is 30.3 Å². The van der Waals surface area contributed by atoms with Crippen molar-refractivity contribution in [3.63, 3.8) is 0 Å². The molecule has 4 rings (SSSR count). The number of nitrogens with zero attached hydrogens (tertiary/aromatic N) is 4. The summed E-state index contributed by atoms with van der Waals surface area (Å²) >= 11 is 0. The number of carbonyl (C=O) groups is 1. The van der Waals surface area contributed by atoms with Gasteiger partial charge >= 0.3 is 0 Å². The van der Waals surface area contributed by atoms with Crippen LogP contribution in [-0.4, -0.2) is 85.7 Å². The van der Waals surface area contributed by atoms with Gasteiger partial charge in [0, 0.05) is 58.4 Å². The molecule has 2 aromatic carbocycles. The number of rotatable bonds is 7. The molecule has 2 bridgehead atoms. The van der Waals surface area contributed by atoms with Gasteiger partial charge in [-0.2, -0.15) is 5.26 Å². The van der Waals surface area contributed by atoms with Crippen LogP contribution < -0.4 is 0 Å². The number of carbonyl (C=O) groups excluding carboxylic acids is 1. The van der Waals surface area contributed by atoms with Gasteiger partial charge in [-0.15, -0.1) is 0 Å². The number of likely N-dealkylation sites (N-methyl/N-ethyl adjacent to an activating group) is 1. The van der Waals surface area contributed by atoms with Crippen LogP contribution in [-0.2, 0) is 11.2 Å².